The van der Waals surface area contributed by atoms with E-state index in [1.54, 1.807) is 0 Å². The second-order valence-corrected chi connectivity index (χ2v) is 2.82. The fourth-order valence-corrected chi connectivity index (χ4v) is 1.10. The van der Waals surface area contributed by atoms with Crippen LogP contribution in [0.1, 0.15) is 37.6 Å². The van der Waals surface area contributed by atoms with Crippen molar-refractivity contribution in [2.75, 3.05) is 0 Å². The molecule has 0 saturated heterocycles. The topological polar surface area (TPSA) is 26.0 Å². The Morgan fingerprint density at radius 1 is 1.45 bits per heavy atom. The van der Waals surface area contributed by atoms with Crippen molar-refractivity contribution in [2.24, 2.45) is 0 Å². The molecule has 0 amide bonds. The lowest BCUT2D eigenvalue weighted by Crippen LogP contribution is -1.85. The number of nitrogens with zero attached hydrogens (tertiary/aromatic N) is 1. The van der Waals surface area contributed by atoms with Crippen LogP contribution >= 0.6 is 0 Å². The van der Waals surface area contributed by atoms with Crippen molar-refractivity contribution in [3.63, 3.8) is 0 Å². The molecule has 0 atom stereocenters. The maximum atomic E-state index is 5.20. The molecule has 0 saturated carbocycles. The summed E-state index contributed by atoms with van der Waals surface area (Å²) < 4.78 is 5.20. The second kappa shape index (κ2) is 4.16. The monoisotopic (exact) mass is 153 g/mol. The highest BCUT2D eigenvalue weighted by molar-refractivity contribution is 5.03. The van der Waals surface area contributed by atoms with E-state index in [4.69, 9.17) is 4.42 Å². The van der Waals surface area contributed by atoms with Crippen LogP contribution in [0.3, 0.4) is 0 Å². The number of aryl methyl sites for hydroxylation is 2. The van der Waals surface area contributed by atoms with Gasteiger partial charge in [0.25, 0.3) is 0 Å². The fraction of sp³-hybridized carbons (Fsp3) is 0.667. The highest BCUT2D eigenvalue weighted by Gasteiger charge is 2.01. The molecule has 1 aromatic heterocycles. The molecular weight excluding hydrogens is 138 g/mol. The number of aromatic nitrogens is 1. The third-order valence-corrected chi connectivity index (χ3v) is 1.85. The van der Waals surface area contributed by atoms with Gasteiger partial charge in [-0.3, -0.25) is 0 Å². The van der Waals surface area contributed by atoms with Gasteiger partial charge < -0.3 is 4.42 Å². The van der Waals surface area contributed by atoms with Crippen LogP contribution in [0.4, 0.5) is 0 Å². The van der Waals surface area contributed by atoms with Crippen molar-refractivity contribution >= 4 is 0 Å². The third kappa shape index (κ3) is 2.37. The Kier molecular flexibility index (Phi) is 3.14. The largest absolute Gasteiger partial charge is 0.448 e. The van der Waals surface area contributed by atoms with Gasteiger partial charge in [0.1, 0.15) is 5.76 Å². The zero-order valence-electron chi connectivity index (χ0n) is 7.26. The van der Waals surface area contributed by atoms with Crippen LogP contribution in [-0.2, 0) is 6.42 Å². The predicted molar refractivity (Wildman–Crippen MR) is 44.5 cm³/mol. The van der Waals surface area contributed by atoms with E-state index < -0.39 is 0 Å². The Morgan fingerprint density at radius 3 is 2.82 bits per heavy atom. The minimum atomic E-state index is 1.04. The van der Waals surface area contributed by atoms with E-state index in [0.717, 1.165) is 17.9 Å². The molecule has 0 aromatic carbocycles. The van der Waals surface area contributed by atoms with Crippen LogP contribution in [0.25, 0.3) is 0 Å². The molecule has 1 aromatic rings. The average molecular weight is 153 g/mol. The highest BCUT2D eigenvalue weighted by Crippen LogP contribution is 2.09. The fourth-order valence-electron chi connectivity index (χ4n) is 1.10. The molecule has 2 nitrogen and oxygen atoms in total. The van der Waals surface area contributed by atoms with Crippen LogP contribution in [0.5, 0.6) is 0 Å². The number of rotatable bonds is 4. The summed E-state index contributed by atoms with van der Waals surface area (Å²) >= 11 is 0. The molecule has 1 heterocycles. The number of hydrogen-bond acceptors (Lipinski definition) is 2. The molecule has 2 heteroatoms. The van der Waals surface area contributed by atoms with Crippen molar-refractivity contribution in [2.45, 2.75) is 39.5 Å². The molecular formula is C9H15NO. The molecule has 0 aliphatic heterocycles. The van der Waals surface area contributed by atoms with Gasteiger partial charge in [0.05, 0.1) is 5.69 Å². The first kappa shape index (κ1) is 8.31. The van der Waals surface area contributed by atoms with Crippen LogP contribution in [0.15, 0.2) is 10.8 Å². The van der Waals surface area contributed by atoms with Gasteiger partial charge in [-0.1, -0.05) is 19.8 Å². The molecule has 11 heavy (non-hydrogen) atoms. The normalized spacial score (nSPS) is 10.4. The van der Waals surface area contributed by atoms with Crippen molar-refractivity contribution in [3.05, 3.63) is 17.8 Å². The first-order valence-corrected chi connectivity index (χ1v) is 4.23. The van der Waals surface area contributed by atoms with Crippen molar-refractivity contribution in [1.82, 2.24) is 4.98 Å². The maximum Gasteiger partial charge on any atom is 0.181 e. The Hall–Kier alpha value is -0.790. The van der Waals surface area contributed by atoms with Crippen molar-refractivity contribution < 1.29 is 4.42 Å². The summed E-state index contributed by atoms with van der Waals surface area (Å²) in [5, 5.41) is 0. The Bertz CT molecular complexity index is 205. The molecule has 0 aliphatic rings. The van der Waals surface area contributed by atoms with E-state index in [1.807, 2.05) is 6.92 Å². The molecule has 0 fully saturated rings. The van der Waals surface area contributed by atoms with E-state index >= 15 is 0 Å². The van der Waals surface area contributed by atoms with Gasteiger partial charge in [0.15, 0.2) is 6.39 Å². The third-order valence-electron chi connectivity index (χ3n) is 1.85. The van der Waals surface area contributed by atoms with E-state index in [0.29, 0.717) is 0 Å². The lowest BCUT2D eigenvalue weighted by Gasteiger charge is -1.95. The summed E-state index contributed by atoms with van der Waals surface area (Å²) in [4.78, 5) is 4.03. The number of oxazole rings is 1. The van der Waals surface area contributed by atoms with Gasteiger partial charge in [-0.15, -0.1) is 0 Å². The molecule has 0 spiro atoms. The minimum Gasteiger partial charge on any atom is -0.448 e. The number of hydrogen-bond donors (Lipinski definition) is 0. The van der Waals surface area contributed by atoms with E-state index in [2.05, 4.69) is 11.9 Å². The zero-order valence-corrected chi connectivity index (χ0v) is 7.26. The van der Waals surface area contributed by atoms with Crippen LogP contribution in [0, 0.1) is 6.92 Å². The molecule has 0 bridgehead atoms. The van der Waals surface area contributed by atoms with E-state index in [9.17, 15) is 0 Å². The summed E-state index contributed by atoms with van der Waals surface area (Å²) in [5.74, 6) is 1.05. The Morgan fingerprint density at radius 2 is 2.27 bits per heavy atom. The zero-order chi connectivity index (χ0) is 8.10. The number of unbranched alkanes of at least 4 members (excludes halogenated alkanes) is 2. The Balaban J connectivity index is 2.32. The van der Waals surface area contributed by atoms with Gasteiger partial charge in [-0.25, -0.2) is 4.98 Å². The summed E-state index contributed by atoms with van der Waals surface area (Å²) in [5.41, 5.74) is 1.04. The Labute approximate surface area is 67.6 Å². The summed E-state index contributed by atoms with van der Waals surface area (Å²) in [6.45, 7) is 4.19. The molecule has 0 unspecified atom stereocenters. The van der Waals surface area contributed by atoms with Crippen LogP contribution in [-0.4, -0.2) is 4.98 Å². The van der Waals surface area contributed by atoms with Gasteiger partial charge in [0.2, 0.25) is 0 Å². The van der Waals surface area contributed by atoms with Gasteiger partial charge in [-0.05, 0) is 13.3 Å². The quantitative estimate of drug-likeness (QED) is 0.621. The first-order chi connectivity index (χ1) is 5.34. The van der Waals surface area contributed by atoms with Gasteiger partial charge >= 0.3 is 0 Å². The van der Waals surface area contributed by atoms with Crippen molar-refractivity contribution in [1.29, 1.82) is 0 Å². The summed E-state index contributed by atoms with van der Waals surface area (Å²) in [7, 11) is 0. The standard InChI is InChI=1S/C9H15NO/c1-3-4-5-6-9-8(2)10-7-11-9/h7H,3-6H2,1-2H3. The molecule has 62 valence electrons. The molecule has 0 aliphatic carbocycles. The predicted octanol–water partition coefficient (Wildman–Crippen LogP) is 2.72. The summed E-state index contributed by atoms with van der Waals surface area (Å²) in [6, 6.07) is 0. The van der Waals surface area contributed by atoms with Crippen LogP contribution in [0.2, 0.25) is 0 Å². The lowest BCUT2D eigenvalue weighted by molar-refractivity contribution is 0.490. The van der Waals surface area contributed by atoms with Crippen molar-refractivity contribution in [3.8, 4) is 0 Å². The highest BCUT2D eigenvalue weighted by atomic mass is 16.3. The lowest BCUT2D eigenvalue weighted by atomic mass is 10.1. The van der Waals surface area contributed by atoms with E-state index in [1.165, 1.54) is 25.7 Å². The van der Waals surface area contributed by atoms with Gasteiger partial charge in [0, 0.05) is 6.42 Å². The smallest absolute Gasteiger partial charge is 0.181 e. The van der Waals surface area contributed by atoms with E-state index in [-0.39, 0.29) is 0 Å². The molecule has 0 N–H and O–H groups in total. The molecule has 1 rings (SSSR count). The SMILES string of the molecule is CCCCCc1ocnc1C. The van der Waals surface area contributed by atoms with Gasteiger partial charge in [-0.2, -0.15) is 0 Å². The van der Waals surface area contributed by atoms with Crippen LogP contribution < -0.4 is 0 Å². The first-order valence-electron chi connectivity index (χ1n) is 4.23. The minimum absolute atomic E-state index is 1.04. The average Bonchev–Trinajstić information content (AvgIpc) is 2.37. The maximum absolute atomic E-state index is 5.20. The molecule has 0 radical (unpaired) electrons. The summed E-state index contributed by atoms with van der Waals surface area (Å²) in [6.07, 6.45) is 6.32. The second-order valence-electron chi connectivity index (χ2n) is 2.82.